The van der Waals surface area contributed by atoms with Crippen LogP contribution in [0.2, 0.25) is 0 Å². The lowest BCUT2D eigenvalue weighted by molar-refractivity contribution is -0.144. The molecule has 6 nitrogen and oxygen atoms in total. The Bertz CT molecular complexity index is 821. The Morgan fingerprint density at radius 3 is 2.59 bits per heavy atom. The summed E-state index contributed by atoms with van der Waals surface area (Å²) in [5.41, 5.74) is 2.11. The summed E-state index contributed by atoms with van der Waals surface area (Å²) in [6, 6.07) is 14.1. The van der Waals surface area contributed by atoms with Gasteiger partial charge in [0.1, 0.15) is 12.4 Å². The Kier molecular flexibility index (Phi) is 5.64. The van der Waals surface area contributed by atoms with Crippen LogP contribution in [0, 0.1) is 12.8 Å². The number of nitrogens with zero attached hydrogens (tertiary/aromatic N) is 1. The van der Waals surface area contributed by atoms with Gasteiger partial charge in [-0.25, -0.2) is 4.79 Å². The largest absolute Gasteiger partial charge is 0.507 e. The number of para-hydroxylation sites is 1. The van der Waals surface area contributed by atoms with Crippen LogP contribution in [-0.4, -0.2) is 33.7 Å². The monoisotopic (exact) mass is 369 g/mol. The number of carboxylic acids is 1. The number of likely N-dealkylation sites (tertiary alicyclic amines) is 1. The average molecular weight is 369 g/mol. The van der Waals surface area contributed by atoms with Gasteiger partial charge in [0.25, 0.3) is 0 Å². The highest BCUT2D eigenvalue weighted by Crippen LogP contribution is 2.39. The summed E-state index contributed by atoms with van der Waals surface area (Å²) in [5, 5.41) is 19.9. The fourth-order valence-corrected chi connectivity index (χ4v) is 3.46. The molecule has 1 amide bonds. The number of benzene rings is 2. The Morgan fingerprint density at radius 2 is 1.89 bits per heavy atom. The van der Waals surface area contributed by atoms with Crippen molar-refractivity contribution in [2.45, 2.75) is 32.4 Å². The van der Waals surface area contributed by atoms with Crippen molar-refractivity contribution >= 4 is 12.1 Å². The molecule has 27 heavy (non-hydrogen) atoms. The van der Waals surface area contributed by atoms with Crippen LogP contribution < -0.4 is 0 Å². The quantitative estimate of drug-likeness (QED) is 0.854. The molecule has 1 saturated heterocycles. The summed E-state index contributed by atoms with van der Waals surface area (Å²) in [7, 11) is 0. The maximum absolute atomic E-state index is 12.7. The van der Waals surface area contributed by atoms with Gasteiger partial charge < -0.3 is 19.8 Å². The number of aryl methyl sites for hydroxylation is 1. The van der Waals surface area contributed by atoms with Crippen molar-refractivity contribution in [3.8, 4) is 5.75 Å². The van der Waals surface area contributed by atoms with Crippen molar-refractivity contribution in [1.29, 1.82) is 0 Å². The molecule has 0 saturated carbocycles. The van der Waals surface area contributed by atoms with Crippen LogP contribution in [0.25, 0.3) is 0 Å². The van der Waals surface area contributed by atoms with Gasteiger partial charge >= 0.3 is 12.1 Å². The first-order valence-corrected chi connectivity index (χ1v) is 8.96. The average Bonchev–Trinajstić information content (AvgIpc) is 2.68. The summed E-state index contributed by atoms with van der Waals surface area (Å²) in [6.45, 7) is 2.18. The summed E-state index contributed by atoms with van der Waals surface area (Å²) in [5.74, 6) is -1.35. The summed E-state index contributed by atoms with van der Waals surface area (Å²) < 4.78 is 5.44. The third kappa shape index (κ3) is 4.22. The Labute approximate surface area is 158 Å². The van der Waals surface area contributed by atoms with Crippen molar-refractivity contribution in [2.75, 3.05) is 6.54 Å². The second-order valence-corrected chi connectivity index (χ2v) is 6.82. The minimum Gasteiger partial charge on any atom is -0.507 e. The molecule has 0 aromatic heterocycles. The fraction of sp³-hybridized carbons (Fsp3) is 0.333. The molecular weight excluding hydrogens is 346 g/mol. The second-order valence-electron chi connectivity index (χ2n) is 6.82. The second kappa shape index (κ2) is 8.12. The lowest BCUT2D eigenvalue weighted by Gasteiger charge is -2.38. The van der Waals surface area contributed by atoms with E-state index in [9.17, 15) is 19.8 Å². The van der Waals surface area contributed by atoms with Crippen molar-refractivity contribution in [3.05, 3.63) is 65.2 Å². The third-order valence-corrected chi connectivity index (χ3v) is 5.02. The molecular formula is C21H23NO5. The van der Waals surface area contributed by atoms with Gasteiger partial charge in [-0.3, -0.25) is 4.79 Å². The zero-order valence-corrected chi connectivity index (χ0v) is 15.2. The van der Waals surface area contributed by atoms with Gasteiger partial charge in [0.05, 0.1) is 12.0 Å². The van der Waals surface area contributed by atoms with Gasteiger partial charge in [-0.1, -0.05) is 48.5 Å². The van der Waals surface area contributed by atoms with Gasteiger partial charge in [-0.15, -0.1) is 0 Å². The van der Waals surface area contributed by atoms with Gasteiger partial charge in [0, 0.05) is 12.1 Å². The van der Waals surface area contributed by atoms with Crippen molar-refractivity contribution in [3.63, 3.8) is 0 Å². The van der Waals surface area contributed by atoms with E-state index in [1.807, 2.05) is 30.3 Å². The minimum atomic E-state index is -0.885. The first-order chi connectivity index (χ1) is 13.0. The molecule has 2 aromatic rings. The van der Waals surface area contributed by atoms with Crippen molar-refractivity contribution < 1.29 is 24.5 Å². The number of amides is 1. The zero-order valence-electron chi connectivity index (χ0n) is 15.2. The van der Waals surface area contributed by atoms with E-state index in [0.717, 1.165) is 5.56 Å². The highest BCUT2D eigenvalue weighted by molar-refractivity contribution is 5.72. The molecule has 1 aliphatic rings. The number of hydrogen-bond donors (Lipinski definition) is 2. The number of carbonyl (C=O) groups excluding carboxylic acids is 1. The minimum absolute atomic E-state index is 0.0920. The van der Waals surface area contributed by atoms with E-state index in [2.05, 4.69) is 0 Å². The Hall–Kier alpha value is -3.02. The predicted molar refractivity (Wildman–Crippen MR) is 99.3 cm³/mol. The van der Waals surface area contributed by atoms with Crippen LogP contribution in [0.15, 0.2) is 48.5 Å². The number of carbonyl (C=O) groups is 2. The number of piperidine rings is 1. The van der Waals surface area contributed by atoms with Gasteiger partial charge in [0.15, 0.2) is 0 Å². The SMILES string of the molecule is Cc1cccc(C2CC(C(=O)O)CCN2C(=O)OCc2ccccc2)c1O. The van der Waals surface area contributed by atoms with Crippen LogP contribution in [0.1, 0.15) is 35.6 Å². The number of phenols is 1. The Balaban J connectivity index is 1.81. The molecule has 1 fully saturated rings. The molecule has 3 rings (SSSR count). The molecule has 2 atom stereocenters. The topological polar surface area (TPSA) is 87.1 Å². The standard InChI is InChI=1S/C21H23NO5/c1-14-6-5-9-17(19(14)23)18-12-16(20(24)25)10-11-22(18)21(26)27-13-15-7-3-2-4-8-15/h2-9,16,18,23H,10-13H2,1H3,(H,24,25). The number of aromatic hydroxyl groups is 1. The maximum atomic E-state index is 12.7. The van der Waals surface area contributed by atoms with E-state index < -0.39 is 24.0 Å². The van der Waals surface area contributed by atoms with E-state index in [-0.39, 0.29) is 25.3 Å². The summed E-state index contributed by atoms with van der Waals surface area (Å²) in [4.78, 5) is 25.7. The number of ether oxygens (including phenoxy) is 1. The molecule has 2 unspecified atom stereocenters. The molecule has 0 aliphatic carbocycles. The van der Waals surface area contributed by atoms with E-state index in [1.54, 1.807) is 25.1 Å². The van der Waals surface area contributed by atoms with Crippen LogP contribution in [0.4, 0.5) is 4.79 Å². The van der Waals surface area contributed by atoms with Gasteiger partial charge in [-0.05, 0) is 30.9 Å². The molecule has 0 bridgehead atoms. The number of phenolic OH excluding ortho intramolecular Hbond substituents is 1. The van der Waals surface area contributed by atoms with Crippen LogP contribution >= 0.6 is 0 Å². The molecule has 142 valence electrons. The highest BCUT2D eigenvalue weighted by Gasteiger charge is 2.37. The van der Waals surface area contributed by atoms with Gasteiger partial charge in [0.2, 0.25) is 0 Å². The lowest BCUT2D eigenvalue weighted by atomic mass is 9.86. The first kappa shape index (κ1) is 18.8. The normalized spacial score (nSPS) is 19.5. The number of hydrogen-bond acceptors (Lipinski definition) is 4. The summed E-state index contributed by atoms with van der Waals surface area (Å²) in [6.07, 6.45) is 0.0969. The van der Waals surface area contributed by atoms with E-state index in [1.165, 1.54) is 4.90 Å². The van der Waals surface area contributed by atoms with Crippen LogP contribution in [-0.2, 0) is 16.1 Å². The molecule has 6 heteroatoms. The fourth-order valence-electron chi connectivity index (χ4n) is 3.46. The van der Waals surface area contributed by atoms with E-state index in [0.29, 0.717) is 17.5 Å². The number of carboxylic acid groups (broad SMARTS) is 1. The van der Waals surface area contributed by atoms with E-state index >= 15 is 0 Å². The first-order valence-electron chi connectivity index (χ1n) is 8.96. The molecule has 0 radical (unpaired) electrons. The maximum Gasteiger partial charge on any atom is 0.410 e. The lowest BCUT2D eigenvalue weighted by Crippen LogP contribution is -2.43. The van der Waals surface area contributed by atoms with Gasteiger partial charge in [-0.2, -0.15) is 0 Å². The predicted octanol–water partition coefficient (Wildman–Crippen LogP) is 3.88. The summed E-state index contributed by atoms with van der Waals surface area (Å²) >= 11 is 0. The third-order valence-electron chi connectivity index (χ3n) is 5.02. The molecule has 0 spiro atoms. The molecule has 1 aliphatic heterocycles. The number of rotatable bonds is 4. The zero-order chi connectivity index (χ0) is 19.4. The molecule has 2 N–H and O–H groups in total. The highest BCUT2D eigenvalue weighted by atomic mass is 16.6. The van der Waals surface area contributed by atoms with Crippen LogP contribution in [0.5, 0.6) is 5.75 Å². The van der Waals surface area contributed by atoms with E-state index in [4.69, 9.17) is 4.74 Å². The van der Waals surface area contributed by atoms with Crippen molar-refractivity contribution in [1.82, 2.24) is 4.90 Å². The number of aliphatic carboxylic acids is 1. The molecule has 1 heterocycles. The Morgan fingerprint density at radius 1 is 1.15 bits per heavy atom. The van der Waals surface area contributed by atoms with Crippen molar-refractivity contribution in [2.24, 2.45) is 5.92 Å². The smallest absolute Gasteiger partial charge is 0.410 e. The molecule has 2 aromatic carbocycles. The van der Waals surface area contributed by atoms with Crippen LogP contribution in [0.3, 0.4) is 0 Å².